The molecule has 0 aromatic heterocycles. The van der Waals surface area contributed by atoms with E-state index in [0.29, 0.717) is 15.6 Å². The minimum atomic E-state index is -0.486. The van der Waals surface area contributed by atoms with Gasteiger partial charge in [-0.3, -0.25) is 0 Å². The second-order valence-corrected chi connectivity index (χ2v) is 5.19. The molecule has 0 N–H and O–H groups in total. The molecule has 0 saturated heterocycles. The van der Waals surface area contributed by atoms with Crippen molar-refractivity contribution in [3.05, 3.63) is 75.4 Å². The zero-order valence-electron chi connectivity index (χ0n) is 10.7. The van der Waals surface area contributed by atoms with Crippen LogP contribution in [0.2, 0.25) is 10.0 Å². The van der Waals surface area contributed by atoms with E-state index in [1.165, 1.54) is 0 Å². The number of nitrogens with zero attached hydrogens (tertiary/aromatic N) is 1. The van der Waals surface area contributed by atoms with Gasteiger partial charge in [0.05, 0.1) is 10.0 Å². The lowest BCUT2D eigenvalue weighted by Crippen LogP contribution is -2.05. The van der Waals surface area contributed by atoms with Crippen LogP contribution in [-0.2, 0) is 9.53 Å². The van der Waals surface area contributed by atoms with E-state index in [0.717, 1.165) is 5.56 Å². The zero-order valence-corrected chi connectivity index (χ0v) is 12.2. The fraction of sp³-hybridized carbons (Fsp3) is 0. The highest BCUT2D eigenvalue weighted by Crippen LogP contribution is 2.25. The highest BCUT2D eigenvalue weighted by Gasteiger charge is 2.24. The van der Waals surface area contributed by atoms with Crippen molar-refractivity contribution < 1.29 is 9.53 Å². The van der Waals surface area contributed by atoms with Crippen LogP contribution in [0, 0.1) is 0 Å². The van der Waals surface area contributed by atoms with Gasteiger partial charge in [0.2, 0.25) is 5.90 Å². The Morgan fingerprint density at radius 3 is 2.48 bits per heavy atom. The zero-order chi connectivity index (χ0) is 14.8. The Labute approximate surface area is 131 Å². The molecule has 1 aliphatic rings. The van der Waals surface area contributed by atoms with Crippen LogP contribution >= 0.6 is 23.2 Å². The topological polar surface area (TPSA) is 38.7 Å². The number of esters is 1. The largest absolute Gasteiger partial charge is 0.402 e. The molecule has 3 rings (SSSR count). The van der Waals surface area contributed by atoms with E-state index in [-0.39, 0.29) is 11.6 Å². The molecule has 0 radical (unpaired) electrons. The number of rotatable bonds is 2. The molecule has 0 unspecified atom stereocenters. The molecule has 2 aromatic rings. The molecule has 0 fully saturated rings. The van der Waals surface area contributed by atoms with Gasteiger partial charge in [-0.2, -0.15) is 0 Å². The van der Waals surface area contributed by atoms with Gasteiger partial charge >= 0.3 is 5.97 Å². The smallest absolute Gasteiger partial charge is 0.363 e. The summed E-state index contributed by atoms with van der Waals surface area (Å²) in [6.45, 7) is 0. The lowest BCUT2D eigenvalue weighted by molar-refractivity contribution is -0.129. The number of aliphatic imine (C=N–C) groups is 1. The summed E-state index contributed by atoms with van der Waals surface area (Å²) >= 11 is 11.8. The van der Waals surface area contributed by atoms with Crippen molar-refractivity contribution in [3.8, 4) is 0 Å². The van der Waals surface area contributed by atoms with Crippen LogP contribution in [0.15, 0.2) is 59.2 Å². The predicted octanol–water partition coefficient (Wildman–Crippen LogP) is 4.34. The highest BCUT2D eigenvalue weighted by molar-refractivity contribution is 6.42. The van der Waals surface area contributed by atoms with E-state index < -0.39 is 5.97 Å². The number of carbonyl (C=O) groups excluding carboxylic acids is 1. The van der Waals surface area contributed by atoms with Gasteiger partial charge in [0.1, 0.15) is 0 Å². The first-order valence-corrected chi connectivity index (χ1v) is 6.92. The van der Waals surface area contributed by atoms with E-state index in [1.807, 2.05) is 30.3 Å². The maximum absolute atomic E-state index is 11.9. The first-order chi connectivity index (χ1) is 10.1. The molecule has 2 aromatic carbocycles. The summed E-state index contributed by atoms with van der Waals surface area (Å²) in [7, 11) is 0. The van der Waals surface area contributed by atoms with Gasteiger partial charge < -0.3 is 4.74 Å². The molecule has 1 aliphatic heterocycles. The van der Waals surface area contributed by atoms with Crippen molar-refractivity contribution in [3.63, 3.8) is 0 Å². The van der Waals surface area contributed by atoms with Gasteiger partial charge in [-0.15, -0.1) is 0 Å². The molecule has 0 saturated carbocycles. The van der Waals surface area contributed by atoms with Gasteiger partial charge in [0, 0.05) is 5.56 Å². The molecular formula is C16H9Cl2NO2. The first kappa shape index (κ1) is 13.9. The second kappa shape index (κ2) is 5.72. The van der Waals surface area contributed by atoms with Crippen LogP contribution in [0.5, 0.6) is 0 Å². The number of benzene rings is 2. The molecule has 21 heavy (non-hydrogen) atoms. The standard InChI is InChI=1S/C16H9Cl2NO2/c17-12-7-6-11(9-13(12)18)15-19-14(16(20)21-15)8-10-4-2-1-3-5-10/h1-9H. The number of hydrogen-bond acceptors (Lipinski definition) is 3. The monoisotopic (exact) mass is 317 g/mol. The number of ether oxygens (including phenoxy) is 1. The van der Waals surface area contributed by atoms with Crippen LogP contribution in [0.1, 0.15) is 11.1 Å². The Balaban J connectivity index is 1.95. The van der Waals surface area contributed by atoms with E-state index in [1.54, 1.807) is 24.3 Å². The molecule has 0 amide bonds. The average Bonchev–Trinajstić information content (AvgIpc) is 2.84. The summed E-state index contributed by atoms with van der Waals surface area (Å²) in [5.41, 5.74) is 1.74. The Kier molecular flexibility index (Phi) is 3.78. The molecule has 3 nitrogen and oxygen atoms in total. The molecule has 0 aliphatic carbocycles. The van der Waals surface area contributed by atoms with E-state index in [2.05, 4.69) is 4.99 Å². The summed E-state index contributed by atoms with van der Waals surface area (Å²) in [5.74, 6) is -0.263. The van der Waals surface area contributed by atoms with Gasteiger partial charge in [0.25, 0.3) is 0 Å². The van der Waals surface area contributed by atoms with Gasteiger partial charge in [-0.25, -0.2) is 9.79 Å². The summed E-state index contributed by atoms with van der Waals surface area (Å²) in [4.78, 5) is 16.1. The number of halogens is 2. The fourth-order valence-corrected chi connectivity index (χ4v) is 2.17. The minimum Gasteiger partial charge on any atom is -0.402 e. The minimum absolute atomic E-state index is 0.223. The SMILES string of the molecule is O=C1OC(c2ccc(Cl)c(Cl)c2)=NC1=Cc1ccccc1. The second-order valence-electron chi connectivity index (χ2n) is 4.38. The molecular weight excluding hydrogens is 309 g/mol. The van der Waals surface area contributed by atoms with E-state index in [9.17, 15) is 4.79 Å². The molecule has 0 spiro atoms. The van der Waals surface area contributed by atoms with E-state index >= 15 is 0 Å². The summed E-state index contributed by atoms with van der Waals surface area (Å²) in [6, 6.07) is 14.4. The number of carbonyl (C=O) groups is 1. The Bertz CT molecular complexity index is 767. The molecule has 1 heterocycles. The van der Waals surface area contributed by atoms with Crippen LogP contribution < -0.4 is 0 Å². The average molecular weight is 318 g/mol. The summed E-state index contributed by atoms with van der Waals surface area (Å²) < 4.78 is 5.17. The van der Waals surface area contributed by atoms with Gasteiger partial charge in [-0.05, 0) is 29.8 Å². The lowest BCUT2D eigenvalue weighted by atomic mass is 10.2. The third-order valence-corrected chi connectivity index (χ3v) is 3.63. The maximum atomic E-state index is 11.9. The van der Waals surface area contributed by atoms with Crippen LogP contribution in [0.4, 0.5) is 0 Å². The predicted molar refractivity (Wildman–Crippen MR) is 83.5 cm³/mol. The maximum Gasteiger partial charge on any atom is 0.363 e. The lowest BCUT2D eigenvalue weighted by Gasteiger charge is -2.01. The summed E-state index contributed by atoms with van der Waals surface area (Å²) in [6.07, 6.45) is 1.67. The number of hydrogen-bond donors (Lipinski definition) is 0. The first-order valence-electron chi connectivity index (χ1n) is 6.16. The third kappa shape index (κ3) is 2.99. The molecule has 104 valence electrons. The highest BCUT2D eigenvalue weighted by atomic mass is 35.5. The quantitative estimate of drug-likeness (QED) is 0.610. The fourth-order valence-electron chi connectivity index (χ4n) is 1.87. The molecule has 0 atom stereocenters. The van der Waals surface area contributed by atoms with Crippen LogP contribution in [0.3, 0.4) is 0 Å². The van der Waals surface area contributed by atoms with E-state index in [4.69, 9.17) is 27.9 Å². The number of cyclic esters (lactones) is 1. The Morgan fingerprint density at radius 1 is 1.00 bits per heavy atom. The molecule has 0 bridgehead atoms. The van der Waals surface area contributed by atoms with Crippen LogP contribution in [-0.4, -0.2) is 11.9 Å². The Morgan fingerprint density at radius 2 is 1.76 bits per heavy atom. The van der Waals surface area contributed by atoms with Crippen molar-refractivity contribution in [1.82, 2.24) is 0 Å². The normalized spacial score (nSPS) is 16.0. The summed E-state index contributed by atoms with van der Waals surface area (Å²) in [5, 5.41) is 0.818. The van der Waals surface area contributed by atoms with Crippen LogP contribution in [0.25, 0.3) is 6.08 Å². The van der Waals surface area contributed by atoms with Crippen molar-refractivity contribution in [1.29, 1.82) is 0 Å². The molecule has 5 heteroatoms. The van der Waals surface area contributed by atoms with Crippen molar-refractivity contribution >= 4 is 41.1 Å². The van der Waals surface area contributed by atoms with Gasteiger partial charge in [0.15, 0.2) is 5.70 Å². The van der Waals surface area contributed by atoms with Crippen molar-refractivity contribution in [2.75, 3.05) is 0 Å². The van der Waals surface area contributed by atoms with Crippen molar-refractivity contribution in [2.24, 2.45) is 4.99 Å². The van der Waals surface area contributed by atoms with Crippen molar-refractivity contribution in [2.45, 2.75) is 0 Å². The Hall–Kier alpha value is -2.10. The third-order valence-electron chi connectivity index (χ3n) is 2.89. The van der Waals surface area contributed by atoms with Gasteiger partial charge in [-0.1, -0.05) is 53.5 Å².